The average Bonchev–Trinajstić information content (AvgIpc) is 4.03. The average molecular weight is 1030 g/mol. The molecule has 0 bridgehead atoms. The van der Waals surface area contributed by atoms with Gasteiger partial charge in [-0.25, -0.2) is 9.78 Å². The van der Waals surface area contributed by atoms with E-state index in [0.717, 1.165) is 30.4 Å². The minimum Gasteiger partial charge on any atom is -0.494 e. The van der Waals surface area contributed by atoms with Crippen molar-refractivity contribution in [2.45, 2.75) is 109 Å². The molecule has 6 amide bonds. The highest BCUT2D eigenvalue weighted by Gasteiger charge is 2.42. The minimum absolute atomic E-state index is 0.157. The Morgan fingerprint density at radius 1 is 0.867 bits per heavy atom. The fraction of sp³-hybridized carbons (Fsp3) is 0.436. The molecule has 5 aromatic rings. The second-order valence-electron chi connectivity index (χ2n) is 20.0. The Hall–Kier alpha value is -7.71. The highest BCUT2D eigenvalue weighted by molar-refractivity contribution is 6.07. The standard InChI is InChI=1S/C55H66N10O10/c1-36(57-49(68)39-13-8-14-40(32-39)61-55(22-26-64(27-23-55)53(71)75-54(2,3)4)52-60-48(62-63-52)37-20-24-56-25-21-37)38-12-9-15-41(33-38)74-31-7-5-6-28-72-29-11-30-73-35-47(67)58-44-17-10-16-42-43(44)34-65(51(42)70)45-18-19-46(66)59-50(45)69/h8-10,12-17,20-21,24-25,32-33,36,45,61H,5-7,11,18-19,22-23,26-31,34-35H2,1-4H3,(H,57,68)(H,58,67)(H,59,66,69)(H,60,62,63)/t36-,45?/m0/s1. The van der Waals surface area contributed by atoms with Gasteiger partial charge in [0.1, 0.15) is 29.5 Å². The van der Waals surface area contributed by atoms with Gasteiger partial charge in [0.25, 0.3) is 11.8 Å². The molecule has 2 fully saturated rings. The summed E-state index contributed by atoms with van der Waals surface area (Å²) < 4.78 is 23.1. The number of carbonyl (C=O) groups is 6. The van der Waals surface area contributed by atoms with Crippen molar-refractivity contribution in [2.75, 3.05) is 56.8 Å². The number of amides is 6. The van der Waals surface area contributed by atoms with E-state index in [1.54, 1.807) is 41.6 Å². The molecule has 3 aliphatic rings. The lowest BCUT2D eigenvalue weighted by Crippen LogP contribution is -2.52. The largest absolute Gasteiger partial charge is 0.494 e. The van der Waals surface area contributed by atoms with Crippen molar-refractivity contribution in [3.8, 4) is 17.1 Å². The number of nitrogens with zero attached hydrogens (tertiary/aromatic N) is 5. The molecule has 3 aromatic carbocycles. The molecule has 396 valence electrons. The second-order valence-corrected chi connectivity index (χ2v) is 20.0. The van der Waals surface area contributed by atoms with Crippen LogP contribution in [0, 0.1) is 0 Å². The van der Waals surface area contributed by atoms with Crippen molar-refractivity contribution >= 4 is 47.0 Å². The third-order valence-corrected chi connectivity index (χ3v) is 13.2. The van der Waals surface area contributed by atoms with Crippen LogP contribution in [0.25, 0.3) is 11.4 Å². The number of H-pyrrole nitrogens is 1. The van der Waals surface area contributed by atoms with Crippen molar-refractivity contribution in [3.63, 3.8) is 0 Å². The molecule has 0 saturated carbocycles. The van der Waals surface area contributed by atoms with E-state index >= 15 is 0 Å². The normalized spacial score (nSPS) is 16.7. The fourth-order valence-electron chi connectivity index (χ4n) is 9.27. The SMILES string of the molecule is C[C@H](NC(=O)c1cccc(NC2(c3nc(-c4ccncc4)n[nH]3)CCN(C(=O)OC(C)(C)C)CC2)c1)c1cccc(OCCCCCOCCCOCC(=O)Nc2cccc3c2CN(C2CCC(=O)NC2=O)C3=O)c1. The van der Waals surface area contributed by atoms with Crippen LogP contribution in [0.15, 0.2) is 91.3 Å². The molecule has 2 saturated heterocycles. The molecular formula is C55H66N10O10. The number of aromatic amines is 1. The van der Waals surface area contributed by atoms with Gasteiger partial charge < -0.3 is 44.7 Å². The Morgan fingerprint density at radius 3 is 2.40 bits per heavy atom. The van der Waals surface area contributed by atoms with Gasteiger partial charge in [-0.1, -0.05) is 24.3 Å². The second kappa shape index (κ2) is 24.5. The van der Waals surface area contributed by atoms with Crippen molar-refractivity contribution < 1.29 is 47.7 Å². The zero-order valence-electron chi connectivity index (χ0n) is 42.9. The highest BCUT2D eigenvalue weighted by Crippen LogP contribution is 2.37. The molecule has 5 heterocycles. The number of piperidine rings is 2. The summed E-state index contributed by atoms with van der Waals surface area (Å²) in [7, 11) is 0. The maximum Gasteiger partial charge on any atom is 0.410 e. The van der Waals surface area contributed by atoms with Crippen molar-refractivity contribution in [2.24, 2.45) is 0 Å². The number of benzene rings is 3. The number of unbranched alkanes of at least 4 members (excludes halogenated alkanes) is 2. The number of pyridine rings is 1. The minimum atomic E-state index is -0.738. The lowest BCUT2D eigenvalue weighted by atomic mass is 9.86. The van der Waals surface area contributed by atoms with Gasteiger partial charge in [-0.05, 0) is 133 Å². The molecule has 1 unspecified atom stereocenters. The first-order valence-electron chi connectivity index (χ1n) is 25.6. The number of nitrogens with one attached hydrogen (secondary N) is 5. The number of likely N-dealkylation sites (tertiary alicyclic amines) is 1. The summed E-state index contributed by atoms with van der Waals surface area (Å²) in [5.74, 6) is 0.118. The summed E-state index contributed by atoms with van der Waals surface area (Å²) >= 11 is 0. The number of rotatable bonds is 22. The van der Waals surface area contributed by atoms with Crippen molar-refractivity contribution in [3.05, 3.63) is 119 Å². The molecule has 3 aliphatic heterocycles. The van der Waals surface area contributed by atoms with E-state index in [9.17, 15) is 28.8 Å². The van der Waals surface area contributed by atoms with E-state index in [1.807, 2.05) is 82.3 Å². The molecule has 5 N–H and O–H groups in total. The van der Waals surface area contributed by atoms with Crippen LogP contribution in [-0.2, 0) is 40.7 Å². The first kappa shape index (κ1) is 53.6. The lowest BCUT2D eigenvalue weighted by Gasteiger charge is -2.41. The number of imide groups is 1. The van der Waals surface area contributed by atoms with Crippen molar-refractivity contribution in [1.29, 1.82) is 0 Å². The van der Waals surface area contributed by atoms with Crippen LogP contribution >= 0.6 is 0 Å². The summed E-state index contributed by atoms with van der Waals surface area (Å²) in [6.07, 6.45) is 7.67. The number of anilines is 2. The number of hydrogen-bond acceptors (Lipinski definition) is 14. The molecule has 20 heteroatoms. The van der Waals surface area contributed by atoms with Gasteiger partial charge in [-0.2, -0.15) is 5.10 Å². The number of hydrogen-bond donors (Lipinski definition) is 5. The molecule has 0 aliphatic carbocycles. The van der Waals surface area contributed by atoms with Gasteiger partial charge in [0, 0.05) is 91.9 Å². The van der Waals surface area contributed by atoms with Gasteiger partial charge in [0.15, 0.2) is 11.6 Å². The van der Waals surface area contributed by atoms with Crippen LogP contribution in [0.3, 0.4) is 0 Å². The molecule has 2 aromatic heterocycles. The number of aromatic nitrogens is 4. The van der Waals surface area contributed by atoms with E-state index in [4.69, 9.17) is 23.9 Å². The zero-order valence-corrected chi connectivity index (χ0v) is 42.9. The molecule has 75 heavy (non-hydrogen) atoms. The number of fused-ring (bicyclic) bond motifs is 1. The van der Waals surface area contributed by atoms with E-state index < -0.39 is 23.1 Å². The smallest absolute Gasteiger partial charge is 0.410 e. The van der Waals surface area contributed by atoms with Crippen LogP contribution in [0.1, 0.15) is 123 Å². The predicted molar refractivity (Wildman–Crippen MR) is 277 cm³/mol. The highest BCUT2D eigenvalue weighted by atomic mass is 16.6. The van der Waals surface area contributed by atoms with Crippen LogP contribution < -0.4 is 26.0 Å². The van der Waals surface area contributed by atoms with Gasteiger partial charge in [0.2, 0.25) is 17.7 Å². The van der Waals surface area contributed by atoms with Crippen LogP contribution in [0.2, 0.25) is 0 Å². The Bertz CT molecular complexity index is 2830. The monoisotopic (exact) mass is 1030 g/mol. The molecule has 0 spiro atoms. The molecule has 8 rings (SSSR count). The molecule has 20 nitrogen and oxygen atoms in total. The fourth-order valence-corrected chi connectivity index (χ4v) is 9.27. The Morgan fingerprint density at radius 2 is 1.61 bits per heavy atom. The molecular weight excluding hydrogens is 961 g/mol. The number of carbonyl (C=O) groups excluding carboxylic acids is 6. The summed E-state index contributed by atoms with van der Waals surface area (Å²) in [6.45, 7) is 10.2. The van der Waals surface area contributed by atoms with Crippen LogP contribution in [0.4, 0.5) is 16.2 Å². The van der Waals surface area contributed by atoms with E-state index in [-0.39, 0.29) is 61.8 Å². The number of ether oxygens (including phenoxy) is 4. The first-order valence-corrected chi connectivity index (χ1v) is 25.6. The van der Waals surface area contributed by atoms with Gasteiger partial charge in [-0.15, -0.1) is 0 Å². The summed E-state index contributed by atoms with van der Waals surface area (Å²) in [4.78, 5) is 88.7. The third-order valence-electron chi connectivity index (χ3n) is 13.2. The van der Waals surface area contributed by atoms with Gasteiger partial charge in [-0.3, -0.25) is 39.4 Å². The van der Waals surface area contributed by atoms with Gasteiger partial charge in [0.05, 0.1) is 12.6 Å². The van der Waals surface area contributed by atoms with E-state index in [2.05, 4.69) is 36.4 Å². The van der Waals surface area contributed by atoms with Gasteiger partial charge >= 0.3 is 6.09 Å². The quantitative estimate of drug-likeness (QED) is 0.0344. The van der Waals surface area contributed by atoms with Crippen LogP contribution in [0.5, 0.6) is 5.75 Å². The molecule has 0 radical (unpaired) electrons. The topological polar surface area (TPSA) is 248 Å². The summed E-state index contributed by atoms with van der Waals surface area (Å²) in [5, 5.41) is 19.6. The Labute approximate surface area is 436 Å². The molecule has 2 atom stereocenters. The predicted octanol–water partition coefficient (Wildman–Crippen LogP) is 7.07. The van der Waals surface area contributed by atoms with Crippen molar-refractivity contribution in [1.82, 2.24) is 40.6 Å². The Kier molecular flexibility index (Phi) is 17.5. The van der Waals surface area contributed by atoms with E-state index in [0.29, 0.717) is 104 Å². The summed E-state index contributed by atoms with van der Waals surface area (Å²) in [6, 6.07) is 22.7. The zero-order chi connectivity index (χ0) is 53.0. The maximum atomic E-state index is 13.7. The maximum absolute atomic E-state index is 13.7. The first-order chi connectivity index (χ1) is 36.1. The summed E-state index contributed by atoms with van der Waals surface area (Å²) in [5.41, 5.74) is 3.09. The third kappa shape index (κ3) is 14.1. The lowest BCUT2D eigenvalue weighted by molar-refractivity contribution is -0.137. The van der Waals surface area contributed by atoms with E-state index in [1.165, 1.54) is 4.90 Å². The van der Waals surface area contributed by atoms with Crippen LogP contribution in [-0.4, -0.2) is 123 Å². The Balaban J connectivity index is 0.724.